The molecule has 3 aromatic carbocycles. The van der Waals surface area contributed by atoms with Gasteiger partial charge in [0.25, 0.3) is 5.91 Å². The van der Waals surface area contributed by atoms with Gasteiger partial charge in [-0.3, -0.25) is 9.48 Å². The van der Waals surface area contributed by atoms with E-state index in [0.717, 1.165) is 16.9 Å². The van der Waals surface area contributed by atoms with E-state index in [0.29, 0.717) is 30.5 Å². The predicted octanol–water partition coefficient (Wildman–Crippen LogP) is 6.19. The number of aryl methyl sites for hydroxylation is 1. The zero-order valence-corrected chi connectivity index (χ0v) is 19.3. The van der Waals surface area contributed by atoms with Crippen LogP contribution in [0.15, 0.2) is 85.1 Å². The molecule has 4 rings (SSSR count). The Bertz CT molecular complexity index is 1210. The van der Waals surface area contributed by atoms with Crippen molar-refractivity contribution in [2.24, 2.45) is 0 Å². The van der Waals surface area contributed by atoms with Crippen LogP contribution < -0.4 is 10.1 Å². The van der Waals surface area contributed by atoms with Crippen molar-refractivity contribution in [1.29, 1.82) is 0 Å². The van der Waals surface area contributed by atoms with Crippen molar-refractivity contribution in [3.05, 3.63) is 113 Å². The van der Waals surface area contributed by atoms with Crippen LogP contribution in [0.25, 0.3) is 0 Å². The number of ether oxygens (including phenoxy) is 1. The zero-order chi connectivity index (χ0) is 23.2. The van der Waals surface area contributed by atoms with E-state index in [-0.39, 0.29) is 5.91 Å². The first-order valence-electron chi connectivity index (χ1n) is 11.2. The van der Waals surface area contributed by atoms with Gasteiger partial charge >= 0.3 is 0 Å². The molecule has 0 radical (unpaired) electrons. The van der Waals surface area contributed by atoms with Crippen LogP contribution in [0.3, 0.4) is 0 Å². The van der Waals surface area contributed by atoms with E-state index in [9.17, 15) is 4.79 Å². The first-order valence-corrected chi connectivity index (χ1v) is 11.2. The molecule has 0 saturated heterocycles. The highest BCUT2D eigenvalue weighted by atomic mass is 16.5. The molecule has 0 aliphatic carbocycles. The van der Waals surface area contributed by atoms with Crippen molar-refractivity contribution in [3.63, 3.8) is 0 Å². The normalized spacial score (nSPS) is 10.9. The summed E-state index contributed by atoms with van der Waals surface area (Å²) in [6.07, 6.45) is 1.87. The Morgan fingerprint density at radius 1 is 0.970 bits per heavy atom. The number of anilines is 1. The highest BCUT2D eigenvalue weighted by molar-refractivity contribution is 6.03. The average Bonchev–Trinajstić information content (AvgIpc) is 3.26. The summed E-state index contributed by atoms with van der Waals surface area (Å²) in [5.74, 6) is 1.63. The molecule has 0 fully saturated rings. The number of carbonyl (C=O) groups is 1. The van der Waals surface area contributed by atoms with Crippen molar-refractivity contribution in [2.75, 3.05) is 5.32 Å². The second-order valence-corrected chi connectivity index (χ2v) is 8.55. The largest absolute Gasteiger partial charge is 0.489 e. The van der Waals surface area contributed by atoms with Gasteiger partial charge < -0.3 is 10.1 Å². The van der Waals surface area contributed by atoms with Crippen LogP contribution >= 0.6 is 0 Å². The van der Waals surface area contributed by atoms with Crippen molar-refractivity contribution >= 4 is 11.7 Å². The van der Waals surface area contributed by atoms with Crippen molar-refractivity contribution in [2.45, 2.75) is 39.8 Å². The monoisotopic (exact) mass is 439 g/mol. The Balaban J connectivity index is 1.34. The van der Waals surface area contributed by atoms with Crippen LogP contribution in [0.4, 0.5) is 5.82 Å². The Morgan fingerprint density at radius 2 is 1.73 bits per heavy atom. The fourth-order valence-corrected chi connectivity index (χ4v) is 3.50. The predicted molar refractivity (Wildman–Crippen MR) is 132 cm³/mol. The summed E-state index contributed by atoms with van der Waals surface area (Å²) in [6.45, 7) is 7.45. The van der Waals surface area contributed by atoms with Gasteiger partial charge in [0, 0.05) is 17.8 Å². The van der Waals surface area contributed by atoms with Gasteiger partial charge in [0.15, 0.2) is 5.82 Å². The van der Waals surface area contributed by atoms with Gasteiger partial charge in [0.2, 0.25) is 0 Å². The van der Waals surface area contributed by atoms with Gasteiger partial charge in [-0.1, -0.05) is 67.9 Å². The molecule has 0 spiro atoms. The minimum Gasteiger partial charge on any atom is -0.489 e. The molecule has 1 aromatic heterocycles. The number of hydrogen-bond acceptors (Lipinski definition) is 3. The van der Waals surface area contributed by atoms with E-state index in [2.05, 4.69) is 67.6 Å². The van der Waals surface area contributed by atoms with Gasteiger partial charge in [-0.2, -0.15) is 5.10 Å². The van der Waals surface area contributed by atoms with Crippen LogP contribution in [-0.4, -0.2) is 15.7 Å². The molecule has 4 aromatic rings. The zero-order valence-electron chi connectivity index (χ0n) is 19.3. The fraction of sp³-hybridized carbons (Fsp3) is 0.214. The third-order valence-corrected chi connectivity index (χ3v) is 5.49. The number of hydrogen-bond donors (Lipinski definition) is 1. The highest BCUT2D eigenvalue weighted by Gasteiger charge is 2.10. The van der Waals surface area contributed by atoms with E-state index in [1.807, 2.05) is 41.2 Å². The Morgan fingerprint density at radius 3 is 2.45 bits per heavy atom. The summed E-state index contributed by atoms with van der Waals surface area (Å²) in [5.41, 5.74) is 5.17. The van der Waals surface area contributed by atoms with E-state index < -0.39 is 0 Å². The summed E-state index contributed by atoms with van der Waals surface area (Å²) < 4.78 is 7.71. The molecule has 33 heavy (non-hydrogen) atoms. The van der Waals surface area contributed by atoms with Crippen LogP contribution in [-0.2, 0) is 13.2 Å². The van der Waals surface area contributed by atoms with Crippen molar-refractivity contribution in [1.82, 2.24) is 9.78 Å². The van der Waals surface area contributed by atoms with Crippen molar-refractivity contribution < 1.29 is 9.53 Å². The SMILES string of the molecule is Cc1ccc(Cn2ccc(NC(=O)c3cccc(COc4ccc(C(C)C)cc4)c3)n2)cc1. The summed E-state index contributed by atoms with van der Waals surface area (Å²) in [4.78, 5) is 12.7. The van der Waals surface area contributed by atoms with Crippen LogP contribution in [0.2, 0.25) is 0 Å². The van der Waals surface area contributed by atoms with E-state index >= 15 is 0 Å². The molecular formula is C28H29N3O2. The lowest BCUT2D eigenvalue weighted by Gasteiger charge is -2.10. The number of aromatic nitrogens is 2. The fourth-order valence-electron chi connectivity index (χ4n) is 3.50. The topological polar surface area (TPSA) is 56.2 Å². The minimum atomic E-state index is -0.196. The molecule has 1 amide bonds. The van der Waals surface area contributed by atoms with Crippen molar-refractivity contribution in [3.8, 4) is 5.75 Å². The lowest BCUT2D eigenvalue weighted by Crippen LogP contribution is -2.13. The molecule has 5 heteroatoms. The molecule has 0 atom stereocenters. The smallest absolute Gasteiger partial charge is 0.256 e. The molecule has 0 saturated carbocycles. The molecule has 1 N–H and O–H groups in total. The third-order valence-electron chi connectivity index (χ3n) is 5.49. The molecule has 0 aliphatic rings. The maximum absolute atomic E-state index is 12.7. The van der Waals surface area contributed by atoms with Crippen LogP contribution in [0.1, 0.15) is 52.4 Å². The Labute approximate surface area is 195 Å². The molecular weight excluding hydrogens is 410 g/mol. The molecule has 0 aliphatic heterocycles. The number of benzene rings is 3. The molecule has 0 unspecified atom stereocenters. The van der Waals surface area contributed by atoms with Crippen LogP contribution in [0.5, 0.6) is 5.75 Å². The maximum atomic E-state index is 12.7. The Hall–Kier alpha value is -3.86. The maximum Gasteiger partial charge on any atom is 0.256 e. The second kappa shape index (κ2) is 10.2. The van der Waals surface area contributed by atoms with Gasteiger partial charge in [0.1, 0.15) is 12.4 Å². The van der Waals surface area contributed by atoms with Gasteiger partial charge in [-0.15, -0.1) is 0 Å². The number of amides is 1. The highest BCUT2D eigenvalue weighted by Crippen LogP contribution is 2.20. The lowest BCUT2D eigenvalue weighted by molar-refractivity contribution is 0.102. The molecule has 1 heterocycles. The van der Waals surface area contributed by atoms with Gasteiger partial charge in [-0.05, 0) is 53.8 Å². The standard InChI is InChI=1S/C28H29N3O2/c1-20(2)24-11-13-26(14-12-24)33-19-23-5-4-6-25(17-23)28(32)29-27-15-16-31(30-27)18-22-9-7-21(3)8-10-22/h4-17,20H,18-19H2,1-3H3,(H,29,30,32). The first-order chi connectivity index (χ1) is 16.0. The minimum absolute atomic E-state index is 0.196. The van der Waals surface area contributed by atoms with Crippen LogP contribution in [0, 0.1) is 6.92 Å². The number of nitrogens with one attached hydrogen (secondary N) is 1. The summed E-state index contributed by atoms with van der Waals surface area (Å²) in [5, 5.41) is 7.35. The van der Waals surface area contributed by atoms with E-state index in [1.165, 1.54) is 11.1 Å². The molecule has 0 bridgehead atoms. The number of rotatable bonds is 8. The third kappa shape index (κ3) is 6.10. The van der Waals surface area contributed by atoms with E-state index in [4.69, 9.17) is 4.74 Å². The average molecular weight is 440 g/mol. The first kappa shape index (κ1) is 22.3. The second-order valence-electron chi connectivity index (χ2n) is 8.55. The molecule has 168 valence electrons. The summed E-state index contributed by atoms with van der Waals surface area (Å²) in [7, 11) is 0. The van der Waals surface area contributed by atoms with E-state index in [1.54, 1.807) is 12.1 Å². The van der Waals surface area contributed by atoms with Gasteiger partial charge in [-0.25, -0.2) is 0 Å². The molecule has 5 nitrogen and oxygen atoms in total. The van der Waals surface area contributed by atoms with Gasteiger partial charge in [0.05, 0.1) is 6.54 Å². The number of nitrogens with zero attached hydrogens (tertiary/aromatic N) is 2. The Kier molecular flexibility index (Phi) is 6.89. The summed E-state index contributed by atoms with van der Waals surface area (Å²) in [6, 6.07) is 25.7. The number of carbonyl (C=O) groups excluding carboxylic acids is 1. The summed E-state index contributed by atoms with van der Waals surface area (Å²) >= 11 is 0. The lowest BCUT2D eigenvalue weighted by atomic mass is 10.0. The quantitative estimate of drug-likeness (QED) is 0.356.